The Morgan fingerprint density at radius 1 is 1.00 bits per heavy atom. The van der Waals surface area contributed by atoms with Gasteiger partial charge in [0.15, 0.2) is 11.5 Å². The van der Waals surface area contributed by atoms with Crippen molar-refractivity contribution in [2.24, 2.45) is 0 Å². The van der Waals surface area contributed by atoms with Gasteiger partial charge < -0.3 is 18.9 Å². The Morgan fingerprint density at radius 2 is 1.73 bits per heavy atom. The Morgan fingerprint density at radius 3 is 2.41 bits per heavy atom. The molecule has 1 aromatic carbocycles. The van der Waals surface area contributed by atoms with Gasteiger partial charge in [0.25, 0.3) is 0 Å². The molecule has 5 nitrogen and oxygen atoms in total. The van der Waals surface area contributed by atoms with Crippen molar-refractivity contribution in [1.29, 1.82) is 0 Å². The van der Waals surface area contributed by atoms with E-state index in [-0.39, 0.29) is 5.97 Å². The van der Waals surface area contributed by atoms with E-state index < -0.39 is 0 Å². The van der Waals surface area contributed by atoms with Gasteiger partial charge in [-0.25, -0.2) is 4.79 Å². The molecule has 0 amide bonds. The summed E-state index contributed by atoms with van der Waals surface area (Å²) in [6.07, 6.45) is 2.81. The number of methoxy groups -OCH3 is 1. The van der Waals surface area contributed by atoms with E-state index in [9.17, 15) is 4.79 Å². The van der Waals surface area contributed by atoms with Gasteiger partial charge in [0.1, 0.15) is 0 Å². The van der Waals surface area contributed by atoms with Crippen LogP contribution in [0.25, 0.3) is 0 Å². The average molecular weight is 310 g/mol. The fourth-order valence-electron chi connectivity index (χ4n) is 1.79. The van der Waals surface area contributed by atoms with Gasteiger partial charge in [-0.1, -0.05) is 13.3 Å². The second kappa shape index (κ2) is 10.9. The Labute approximate surface area is 132 Å². The molecule has 0 atom stereocenters. The maximum absolute atomic E-state index is 11.8. The summed E-state index contributed by atoms with van der Waals surface area (Å²) < 4.78 is 21.5. The molecule has 0 radical (unpaired) electrons. The number of ether oxygens (including phenoxy) is 4. The van der Waals surface area contributed by atoms with Crippen LogP contribution >= 0.6 is 0 Å². The van der Waals surface area contributed by atoms with E-state index in [0.717, 1.165) is 19.3 Å². The van der Waals surface area contributed by atoms with Gasteiger partial charge >= 0.3 is 5.97 Å². The highest BCUT2D eigenvalue weighted by atomic mass is 16.5. The minimum atomic E-state index is -0.357. The van der Waals surface area contributed by atoms with E-state index in [1.165, 1.54) is 0 Å². The molecule has 0 saturated heterocycles. The van der Waals surface area contributed by atoms with Crippen LogP contribution in [0.15, 0.2) is 18.2 Å². The van der Waals surface area contributed by atoms with Crippen LogP contribution in [0.5, 0.6) is 11.5 Å². The fraction of sp³-hybridized carbons (Fsp3) is 0.588. The summed E-state index contributed by atoms with van der Waals surface area (Å²) in [5, 5.41) is 0. The molecule has 5 heteroatoms. The third-order valence-electron chi connectivity index (χ3n) is 2.96. The largest absolute Gasteiger partial charge is 0.490 e. The van der Waals surface area contributed by atoms with Gasteiger partial charge in [0, 0.05) is 20.1 Å². The molecular formula is C17H26O5. The normalized spacial score (nSPS) is 10.3. The SMILES string of the molecule is CCCCOc1ccc(C(=O)OCC)cc1OCCCOC. The molecule has 0 aliphatic carbocycles. The smallest absolute Gasteiger partial charge is 0.338 e. The average Bonchev–Trinajstić information content (AvgIpc) is 2.53. The molecule has 22 heavy (non-hydrogen) atoms. The summed E-state index contributed by atoms with van der Waals surface area (Å²) in [7, 11) is 1.65. The highest BCUT2D eigenvalue weighted by Crippen LogP contribution is 2.29. The zero-order valence-corrected chi connectivity index (χ0v) is 13.7. The van der Waals surface area contributed by atoms with Gasteiger partial charge in [-0.15, -0.1) is 0 Å². The lowest BCUT2D eigenvalue weighted by molar-refractivity contribution is 0.0525. The van der Waals surface area contributed by atoms with Crippen LogP contribution in [0.2, 0.25) is 0 Å². The second-order valence-electron chi connectivity index (χ2n) is 4.78. The first-order chi connectivity index (χ1) is 10.7. The fourth-order valence-corrected chi connectivity index (χ4v) is 1.79. The number of carbonyl (C=O) groups is 1. The molecule has 1 aromatic rings. The lowest BCUT2D eigenvalue weighted by Gasteiger charge is -2.14. The topological polar surface area (TPSA) is 54.0 Å². The Bertz CT molecular complexity index is 445. The zero-order chi connectivity index (χ0) is 16.2. The quantitative estimate of drug-likeness (QED) is 0.463. The van der Waals surface area contributed by atoms with E-state index in [4.69, 9.17) is 18.9 Å². The van der Waals surface area contributed by atoms with Crippen LogP contribution in [0, 0.1) is 0 Å². The summed E-state index contributed by atoms with van der Waals surface area (Å²) in [5.74, 6) is 0.862. The van der Waals surface area contributed by atoms with E-state index >= 15 is 0 Å². The number of esters is 1. The van der Waals surface area contributed by atoms with Gasteiger partial charge in [-0.2, -0.15) is 0 Å². The number of hydrogen-bond donors (Lipinski definition) is 0. The summed E-state index contributed by atoms with van der Waals surface area (Å²) in [5.41, 5.74) is 0.464. The molecule has 0 saturated carbocycles. The van der Waals surface area contributed by atoms with Crippen LogP contribution < -0.4 is 9.47 Å². The maximum atomic E-state index is 11.8. The van der Waals surface area contributed by atoms with Crippen molar-refractivity contribution in [2.45, 2.75) is 33.1 Å². The van der Waals surface area contributed by atoms with Crippen molar-refractivity contribution in [3.8, 4) is 11.5 Å². The first kappa shape index (κ1) is 18.3. The molecule has 1 rings (SSSR count). The summed E-state index contributed by atoms with van der Waals surface area (Å²) in [4.78, 5) is 11.8. The van der Waals surface area contributed by atoms with E-state index in [0.29, 0.717) is 43.5 Å². The lowest BCUT2D eigenvalue weighted by Crippen LogP contribution is -2.08. The predicted octanol–water partition coefficient (Wildman–Crippen LogP) is 3.46. The van der Waals surface area contributed by atoms with Crippen LogP contribution in [-0.2, 0) is 9.47 Å². The van der Waals surface area contributed by atoms with Crippen molar-refractivity contribution < 1.29 is 23.7 Å². The molecule has 0 spiro atoms. The second-order valence-corrected chi connectivity index (χ2v) is 4.78. The number of hydrogen-bond acceptors (Lipinski definition) is 5. The van der Waals surface area contributed by atoms with Crippen molar-refractivity contribution in [2.75, 3.05) is 33.5 Å². The molecule has 0 N–H and O–H groups in total. The van der Waals surface area contributed by atoms with Crippen molar-refractivity contribution in [3.63, 3.8) is 0 Å². The predicted molar refractivity (Wildman–Crippen MR) is 84.8 cm³/mol. The monoisotopic (exact) mass is 310 g/mol. The van der Waals surface area contributed by atoms with E-state index in [1.54, 1.807) is 32.2 Å². The van der Waals surface area contributed by atoms with Gasteiger partial charge in [0.2, 0.25) is 0 Å². The number of carbonyl (C=O) groups excluding carboxylic acids is 1. The van der Waals surface area contributed by atoms with Gasteiger partial charge in [0.05, 0.1) is 25.4 Å². The molecule has 124 valence electrons. The molecule has 0 fully saturated rings. The number of unbranched alkanes of at least 4 members (excludes halogenated alkanes) is 1. The first-order valence-corrected chi connectivity index (χ1v) is 7.78. The summed E-state index contributed by atoms with van der Waals surface area (Å²) in [6.45, 7) is 5.99. The molecule has 0 aliphatic heterocycles. The number of benzene rings is 1. The first-order valence-electron chi connectivity index (χ1n) is 7.78. The van der Waals surface area contributed by atoms with Gasteiger partial charge in [-0.3, -0.25) is 0 Å². The van der Waals surface area contributed by atoms with E-state index in [2.05, 4.69) is 6.92 Å². The summed E-state index contributed by atoms with van der Waals surface area (Å²) in [6, 6.07) is 5.13. The molecular weight excluding hydrogens is 284 g/mol. The number of rotatable bonds is 11. The highest BCUT2D eigenvalue weighted by Gasteiger charge is 2.12. The molecule has 0 heterocycles. The van der Waals surface area contributed by atoms with Crippen LogP contribution in [0.1, 0.15) is 43.5 Å². The van der Waals surface area contributed by atoms with Crippen molar-refractivity contribution in [1.82, 2.24) is 0 Å². The van der Waals surface area contributed by atoms with Gasteiger partial charge in [-0.05, 0) is 31.5 Å². The molecule has 0 bridgehead atoms. The zero-order valence-electron chi connectivity index (χ0n) is 13.7. The third kappa shape index (κ3) is 6.35. The van der Waals surface area contributed by atoms with Crippen molar-refractivity contribution >= 4 is 5.97 Å². The maximum Gasteiger partial charge on any atom is 0.338 e. The Balaban J connectivity index is 2.77. The van der Waals surface area contributed by atoms with Crippen molar-refractivity contribution in [3.05, 3.63) is 23.8 Å². The van der Waals surface area contributed by atoms with Crippen LogP contribution in [0.4, 0.5) is 0 Å². The minimum absolute atomic E-state index is 0.345. The van der Waals surface area contributed by atoms with Crippen LogP contribution in [-0.4, -0.2) is 39.5 Å². The van der Waals surface area contributed by atoms with E-state index in [1.807, 2.05) is 0 Å². The third-order valence-corrected chi connectivity index (χ3v) is 2.96. The summed E-state index contributed by atoms with van der Waals surface area (Å²) >= 11 is 0. The molecule has 0 unspecified atom stereocenters. The molecule has 0 aromatic heterocycles. The standard InChI is InChI=1S/C17H26O5/c1-4-6-11-21-15-9-8-14(17(18)20-5-2)13-16(15)22-12-7-10-19-3/h8-9,13H,4-7,10-12H2,1-3H3. The minimum Gasteiger partial charge on any atom is -0.490 e. The highest BCUT2D eigenvalue weighted by molar-refractivity contribution is 5.90. The Hall–Kier alpha value is -1.75. The lowest BCUT2D eigenvalue weighted by atomic mass is 10.2. The Kier molecular flexibility index (Phi) is 9.07. The molecule has 0 aliphatic rings. The van der Waals surface area contributed by atoms with Crippen LogP contribution in [0.3, 0.4) is 0 Å².